The average molecular weight is 384 g/mol. The highest BCUT2D eigenvalue weighted by Gasteiger charge is 2.16. The van der Waals surface area contributed by atoms with Crippen molar-refractivity contribution in [3.63, 3.8) is 0 Å². The molecule has 0 saturated heterocycles. The van der Waals surface area contributed by atoms with Crippen molar-refractivity contribution in [3.8, 4) is 28.3 Å². The smallest absolute Gasteiger partial charge is 0.163 e. The predicted octanol–water partition coefficient (Wildman–Crippen LogP) is 5.58. The van der Waals surface area contributed by atoms with Crippen LogP contribution in [0.5, 0.6) is 5.75 Å². The van der Waals surface area contributed by atoms with Gasteiger partial charge >= 0.3 is 0 Å². The number of rotatable bonds is 4. The van der Waals surface area contributed by atoms with E-state index in [-0.39, 0.29) is 5.54 Å². The van der Waals surface area contributed by atoms with Crippen LogP contribution in [0.3, 0.4) is 0 Å². The van der Waals surface area contributed by atoms with Crippen molar-refractivity contribution in [2.75, 3.05) is 12.4 Å². The second kappa shape index (κ2) is 7.51. The highest BCUT2D eigenvalue weighted by atomic mass is 16.5. The van der Waals surface area contributed by atoms with Gasteiger partial charge in [0.05, 0.1) is 12.6 Å². The summed E-state index contributed by atoms with van der Waals surface area (Å²) in [4.78, 5) is 13.8. The summed E-state index contributed by atoms with van der Waals surface area (Å²) in [5.41, 5.74) is 3.82. The van der Waals surface area contributed by atoms with Crippen LogP contribution < -0.4 is 10.1 Å². The van der Waals surface area contributed by atoms with E-state index in [1.165, 1.54) is 0 Å². The SMILES string of the molecule is COc1cccc(-c2ccc3nc(-c4cccnc4)nc(NC(C)(C)C)c3c2)c1. The zero-order chi connectivity index (χ0) is 20.4. The molecule has 0 aliphatic rings. The second-order valence-electron chi connectivity index (χ2n) is 7.98. The summed E-state index contributed by atoms with van der Waals surface area (Å²) in [6, 6.07) is 18.2. The van der Waals surface area contributed by atoms with E-state index >= 15 is 0 Å². The van der Waals surface area contributed by atoms with Gasteiger partial charge in [0, 0.05) is 28.9 Å². The van der Waals surface area contributed by atoms with Gasteiger partial charge in [-0.1, -0.05) is 18.2 Å². The number of nitrogens with zero attached hydrogens (tertiary/aromatic N) is 3. The Morgan fingerprint density at radius 3 is 2.38 bits per heavy atom. The number of nitrogens with one attached hydrogen (secondary N) is 1. The lowest BCUT2D eigenvalue weighted by Gasteiger charge is -2.23. The number of anilines is 1. The molecule has 0 radical (unpaired) electrons. The lowest BCUT2D eigenvalue weighted by Crippen LogP contribution is -2.27. The van der Waals surface area contributed by atoms with E-state index in [0.717, 1.165) is 39.2 Å². The minimum atomic E-state index is -0.139. The maximum absolute atomic E-state index is 5.38. The Labute approximate surface area is 170 Å². The Kier molecular flexibility index (Phi) is 4.89. The first-order chi connectivity index (χ1) is 13.9. The molecule has 4 aromatic rings. The lowest BCUT2D eigenvalue weighted by atomic mass is 10.0. The average Bonchev–Trinajstić information content (AvgIpc) is 2.73. The zero-order valence-corrected chi connectivity index (χ0v) is 17.1. The summed E-state index contributed by atoms with van der Waals surface area (Å²) in [5, 5.41) is 4.52. The number of pyridine rings is 1. The standard InChI is InChI=1S/C24H24N4O/c1-24(2,3)28-23-20-14-17(16-7-5-9-19(13-16)29-4)10-11-21(20)26-22(27-23)18-8-6-12-25-15-18/h5-15H,1-4H3,(H,26,27,28). The molecule has 0 atom stereocenters. The molecule has 0 fully saturated rings. The molecular weight excluding hydrogens is 360 g/mol. The fourth-order valence-corrected chi connectivity index (χ4v) is 3.19. The first-order valence-corrected chi connectivity index (χ1v) is 9.58. The van der Waals surface area contributed by atoms with Gasteiger partial charge in [-0.05, 0) is 68.3 Å². The van der Waals surface area contributed by atoms with E-state index in [4.69, 9.17) is 14.7 Å². The van der Waals surface area contributed by atoms with Gasteiger partial charge in [0.25, 0.3) is 0 Å². The van der Waals surface area contributed by atoms with Gasteiger partial charge in [0.1, 0.15) is 11.6 Å². The molecule has 0 saturated carbocycles. The molecule has 29 heavy (non-hydrogen) atoms. The van der Waals surface area contributed by atoms with Crippen molar-refractivity contribution >= 4 is 16.7 Å². The third-order valence-electron chi connectivity index (χ3n) is 4.51. The topological polar surface area (TPSA) is 59.9 Å². The largest absolute Gasteiger partial charge is 0.497 e. The number of benzene rings is 2. The van der Waals surface area contributed by atoms with Crippen LogP contribution in [-0.4, -0.2) is 27.6 Å². The molecule has 2 aromatic carbocycles. The van der Waals surface area contributed by atoms with E-state index in [9.17, 15) is 0 Å². The molecule has 0 unspecified atom stereocenters. The molecule has 1 N–H and O–H groups in total. The molecule has 5 heteroatoms. The van der Waals surface area contributed by atoms with Gasteiger partial charge in [-0.15, -0.1) is 0 Å². The van der Waals surface area contributed by atoms with Crippen LogP contribution in [0.15, 0.2) is 67.0 Å². The number of ether oxygens (including phenoxy) is 1. The van der Waals surface area contributed by atoms with Crippen LogP contribution in [0, 0.1) is 0 Å². The first kappa shape index (κ1) is 18.9. The third kappa shape index (κ3) is 4.19. The zero-order valence-electron chi connectivity index (χ0n) is 17.1. The molecule has 2 heterocycles. The summed E-state index contributed by atoms with van der Waals surface area (Å²) in [6.45, 7) is 6.36. The fraction of sp³-hybridized carbons (Fsp3) is 0.208. The summed E-state index contributed by atoms with van der Waals surface area (Å²) in [7, 11) is 1.68. The fourth-order valence-electron chi connectivity index (χ4n) is 3.19. The van der Waals surface area contributed by atoms with Crippen LogP contribution >= 0.6 is 0 Å². The van der Waals surface area contributed by atoms with Crippen LogP contribution in [0.2, 0.25) is 0 Å². The van der Waals surface area contributed by atoms with Gasteiger partial charge in [-0.2, -0.15) is 0 Å². The molecule has 0 spiro atoms. The third-order valence-corrected chi connectivity index (χ3v) is 4.51. The van der Waals surface area contributed by atoms with E-state index in [1.54, 1.807) is 19.5 Å². The summed E-state index contributed by atoms with van der Waals surface area (Å²) >= 11 is 0. The quantitative estimate of drug-likeness (QED) is 0.498. The normalized spacial score (nSPS) is 11.4. The van der Waals surface area contributed by atoms with Crippen molar-refractivity contribution in [1.29, 1.82) is 0 Å². The van der Waals surface area contributed by atoms with Crippen LogP contribution in [0.25, 0.3) is 33.4 Å². The molecule has 146 valence electrons. The molecule has 0 bridgehead atoms. The highest BCUT2D eigenvalue weighted by molar-refractivity contribution is 5.94. The Morgan fingerprint density at radius 1 is 0.862 bits per heavy atom. The van der Waals surface area contributed by atoms with Gasteiger partial charge in [0.2, 0.25) is 0 Å². The molecular formula is C24H24N4O. The maximum Gasteiger partial charge on any atom is 0.163 e. The summed E-state index contributed by atoms with van der Waals surface area (Å²) < 4.78 is 5.38. The molecule has 2 aromatic heterocycles. The number of aromatic nitrogens is 3. The Bertz CT molecular complexity index is 1150. The molecule has 5 nitrogen and oxygen atoms in total. The Morgan fingerprint density at radius 2 is 1.66 bits per heavy atom. The first-order valence-electron chi connectivity index (χ1n) is 9.58. The van der Waals surface area contributed by atoms with E-state index < -0.39 is 0 Å². The van der Waals surface area contributed by atoms with Gasteiger partial charge < -0.3 is 10.1 Å². The van der Waals surface area contributed by atoms with Crippen LogP contribution in [0.1, 0.15) is 20.8 Å². The monoisotopic (exact) mass is 384 g/mol. The minimum Gasteiger partial charge on any atom is -0.497 e. The Hall–Kier alpha value is -3.47. The second-order valence-corrected chi connectivity index (χ2v) is 7.98. The predicted molar refractivity (Wildman–Crippen MR) is 118 cm³/mol. The molecule has 0 amide bonds. The van der Waals surface area contributed by atoms with Crippen molar-refractivity contribution in [1.82, 2.24) is 15.0 Å². The Balaban J connectivity index is 1.89. The highest BCUT2D eigenvalue weighted by Crippen LogP contribution is 2.31. The van der Waals surface area contributed by atoms with Crippen molar-refractivity contribution in [2.24, 2.45) is 0 Å². The van der Waals surface area contributed by atoms with E-state index in [0.29, 0.717) is 5.82 Å². The van der Waals surface area contributed by atoms with E-state index in [2.05, 4.69) is 49.3 Å². The van der Waals surface area contributed by atoms with Crippen LogP contribution in [0.4, 0.5) is 5.82 Å². The van der Waals surface area contributed by atoms with Gasteiger partial charge in [-0.3, -0.25) is 4.98 Å². The summed E-state index contributed by atoms with van der Waals surface area (Å²) in [5.74, 6) is 2.30. The maximum atomic E-state index is 5.38. The minimum absolute atomic E-state index is 0.139. The number of fused-ring (bicyclic) bond motifs is 1. The van der Waals surface area contributed by atoms with Crippen molar-refractivity contribution in [3.05, 3.63) is 67.0 Å². The molecule has 4 rings (SSSR count). The van der Waals surface area contributed by atoms with Crippen LogP contribution in [-0.2, 0) is 0 Å². The van der Waals surface area contributed by atoms with Crippen molar-refractivity contribution in [2.45, 2.75) is 26.3 Å². The lowest BCUT2D eigenvalue weighted by molar-refractivity contribution is 0.415. The van der Waals surface area contributed by atoms with Crippen molar-refractivity contribution < 1.29 is 4.74 Å². The molecule has 0 aliphatic heterocycles. The molecule has 0 aliphatic carbocycles. The number of hydrogen-bond donors (Lipinski definition) is 1. The summed E-state index contributed by atoms with van der Waals surface area (Å²) in [6.07, 6.45) is 3.53. The number of hydrogen-bond acceptors (Lipinski definition) is 5. The number of methoxy groups -OCH3 is 1. The van der Waals surface area contributed by atoms with Gasteiger partial charge in [-0.25, -0.2) is 9.97 Å². The van der Waals surface area contributed by atoms with E-state index in [1.807, 2.05) is 36.4 Å². The van der Waals surface area contributed by atoms with Gasteiger partial charge in [0.15, 0.2) is 5.82 Å².